The highest BCUT2D eigenvalue weighted by atomic mass is 19.1. The van der Waals surface area contributed by atoms with Crippen LogP contribution in [0.25, 0.3) is 0 Å². The number of ketones is 1. The first kappa shape index (κ1) is 12.2. The van der Waals surface area contributed by atoms with E-state index in [0.29, 0.717) is 11.3 Å². The average molecular weight is 245 g/mol. The Bertz CT molecular complexity index is 555. The molecular weight excluding hydrogens is 233 g/mol. The van der Waals surface area contributed by atoms with Crippen molar-refractivity contribution in [3.63, 3.8) is 0 Å². The highest BCUT2D eigenvalue weighted by molar-refractivity contribution is 5.95. The highest BCUT2D eigenvalue weighted by Gasteiger charge is 2.13. The monoisotopic (exact) mass is 245 g/mol. The number of carbonyl (C=O) groups excluding carboxylic acids is 1. The summed E-state index contributed by atoms with van der Waals surface area (Å²) in [6.45, 7) is 0. The highest BCUT2D eigenvalue weighted by Crippen LogP contribution is 2.21. The van der Waals surface area contributed by atoms with Crippen LogP contribution in [0.3, 0.4) is 0 Å². The van der Waals surface area contributed by atoms with E-state index in [1.807, 2.05) is 0 Å². The number of benzene rings is 1. The molecule has 0 saturated heterocycles. The molecule has 18 heavy (non-hydrogen) atoms. The van der Waals surface area contributed by atoms with Gasteiger partial charge in [-0.1, -0.05) is 18.2 Å². The van der Waals surface area contributed by atoms with Crippen molar-refractivity contribution < 1.29 is 13.9 Å². The van der Waals surface area contributed by atoms with E-state index in [-0.39, 0.29) is 18.0 Å². The van der Waals surface area contributed by atoms with Gasteiger partial charge in [0, 0.05) is 12.6 Å². The number of rotatable bonds is 4. The van der Waals surface area contributed by atoms with Crippen LogP contribution >= 0.6 is 0 Å². The van der Waals surface area contributed by atoms with Gasteiger partial charge in [0.15, 0.2) is 17.3 Å². The summed E-state index contributed by atoms with van der Waals surface area (Å²) in [5.74, 6) is -0.576. The number of methoxy groups -OCH3 is 1. The third-order valence-corrected chi connectivity index (χ3v) is 2.56. The molecule has 1 aromatic carbocycles. The normalized spacial score (nSPS) is 10.1. The maximum atomic E-state index is 13.9. The van der Waals surface area contributed by atoms with E-state index in [4.69, 9.17) is 4.74 Å². The predicted molar refractivity (Wildman–Crippen MR) is 65.2 cm³/mol. The fraction of sp³-hybridized carbons (Fsp3) is 0.143. The van der Waals surface area contributed by atoms with E-state index >= 15 is 0 Å². The van der Waals surface area contributed by atoms with Gasteiger partial charge in [-0.3, -0.25) is 9.78 Å². The molecule has 4 heteroatoms. The fourth-order valence-electron chi connectivity index (χ4n) is 1.64. The largest absolute Gasteiger partial charge is 0.494 e. The van der Waals surface area contributed by atoms with Crippen molar-refractivity contribution in [2.24, 2.45) is 0 Å². The van der Waals surface area contributed by atoms with Gasteiger partial charge in [0.1, 0.15) is 5.69 Å². The third-order valence-electron chi connectivity index (χ3n) is 2.56. The molecule has 0 spiro atoms. The number of halogens is 1. The first-order valence-electron chi connectivity index (χ1n) is 5.48. The molecule has 2 aromatic rings. The third kappa shape index (κ3) is 2.53. The lowest BCUT2D eigenvalue weighted by atomic mass is 10.1. The Morgan fingerprint density at radius 2 is 2.11 bits per heavy atom. The quantitative estimate of drug-likeness (QED) is 0.777. The molecular formula is C14H12FNO2. The molecule has 0 bridgehead atoms. The molecule has 0 aliphatic rings. The molecule has 0 unspecified atom stereocenters. The summed E-state index contributed by atoms with van der Waals surface area (Å²) in [6.07, 6.45) is 1.51. The second-order valence-corrected chi connectivity index (χ2v) is 3.75. The van der Waals surface area contributed by atoms with Crippen LogP contribution < -0.4 is 4.74 Å². The Hall–Kier alpha value is -2.23. The first-order chi connectivity index (χ1) is 8.72. The van der Waals surface area contributed by atoms with Crippen LogP contribution in [-0.2, 0) is 6.42 Å². The van der Waals surface area contributed by atoms with Crippen molar-refractivity contribution in [3.05, 3.63) is 59.7 Å². The molecule has 0 radical (unpaired) electrons. The number of aromatic nitrogens is 1. The molecule has 2 rings (SSSR count). The minimum absolute atomic E-state index is 0.0277. The predicted octanol–water partition coefficient (Wildman–Crippen LogP) is 2.65. The topological polar surface area (TPSA) is 39.2 Å². The SMILES string of the molecule is COc1cccc(CC(=O)c2ccccn2)c1F. The van der Waals surface area contributed by atoms with E-state index in [0.717, 1.165) is 0 Å². The summed E-state index contributed by atoms with van der Waals surface area (Å²) in [4.78, 5) is 15.8. The second-order valence-electron chi connectivity index (χ2n) is 3.75. The van der Waals surface area contributed by atoms with Gasteiger partial charge in [0.2, 0.25) is 0 Å². The van der Waals surface area contributed by atoms with Crippen LogP contribution in [0.15, 0.2) is 42.6 Å². The smallest absolute Gasteiger partial charge is 0.185 e. The second kappa shape index (κ2) is 5.40. The van der Waals surface area contributed by atoms with Crippen LogP contribution in [0, 0.1) is 5.82 Å². The minimum Gasteiger partial charge on any atom is -0.494 e. The van der Waals surface area contributed by atoms with E-state index in [2.05, 4.69) is 4.98 Å². The summed E-state index contributed by atoms with van der Waals surface area (Å²) in [7, 11) is 1.39. The maximum absolute atomic E-state index is 13.9. The van der Waals surface area contributed by atoms with Gasteiger partial charge in [-0.05, 0) is 23.8 Å². The molecule has 3 nitrogen and oxygen atoms in total. The molecule has 0 saturated carbocycles. The Kier molecular flexibility index (Phi) is 3.67. The lowest BCUT2D eigenvalue weighted by Gasteiger charge is -2.06. The summed E-state index contributed by atoms with van der Waals surface area (Å²) in [6, 6.07) is 9.80. The Morgan fingerprint density at radius 3 is 2.78 bits per heavy atom. The number of hydrogen-bond acceptors (Lipinski definition) is 3. The standard InChI is InChI=1S/C14H12FNO2/c1-18-13-7-4-5-10(14(13)15)9-12(17)11-6-2-3-8-16-11/h2-8H,9H2,1H3. The van der Waals surface area contributed by atoms with Crippen LogP contribution in [0.1, 0.15) is 16.1 Å². The zero-order valence-corrected chi connectivity index (χ0v) is 9.89. The van der Waals surface area contributed by atoms with E-state index in [1.165, 1.54) is 19.4 Å². The molecule has 1 aromatic heterocycles. The minimum atomic E-state index is -0.496. The van der Waals surface area contributed by atoms with Crippen molar-refractivity contribution >= 4 is 5.78 Å². The number of Topliss-reactive ketones (excluding diaryl/α,β-unsaturated/α-hetero) is 1. The molecule has 0 N–H and O–H groups in total. The fourth-order valence-corrected chi connectivity index (χ4v) is 1.64. The van der Waals surface area contributed by atoms with Crippen molar-refractivity contribution in [1.82, 2.24) is 4.98 Å². The lowest BCUT2D eigenvalue weighted by molar-refractivity contribution is 0.0987. The summed E-state index contributed by atoms with van der Waals surface area (Å²) < 4.78 is 18.7. The van der Waals surface area contributed by atoms with Gasteiger partial charge in [-0.2, -0.15) is 0 Å². The molecule has 92 valence electrons. The lowest BCUT2D eigenvalue weighted by Crippen LogP contribution is -2.07. The molecule has 0 amide bonds. The van der Waals surface area contributed by atoms with E-state index < -0.39 is 5.82 Å². The van der Waals surface area contributed by atoms with Gasteiger partial charge < -0.3 is 4.74 Å². The average Bonchev–Trinajstić information content (AvgIpc) is 2.42. The number of nitrogens with zero attached hydrogens (tertiary/aromatic N) is 1. The summed E-state index contributed by atoms with van der Waals surface area (Å²) in [5, 5.41) is 0. The maximum Gasteiger partial charge on any atom is 0.185 e. The van der Waals surface area contributed by atoms with Crippen LogP contribution in [-0.4, -0.2) is 17.9 Å². The molecule has 1 heterocycles. The van der Waals surface area contributed by atoms with Gasteiger partial charge >= 0.3 is 0 Å². The Morgan fingerprint density at radius 1 is 1.28 bits per heavy atom. The Labute approximate surface area is 104 Å². The molecule has 0 aliphatic heterocycles. The summed E-state index contributed by atoms with van der Waals surface area (Å²) >= 11 is 0. The molecule has 0 aliphatic carbocycles. The van der Waals surface area contributed by atoms with E-state index in [9.17, 15) is 9.18 Å². The van der Waals surface area contributed by atoms with Crippen molar-refractivity contribution in [2.75, 3.05) is 7.11 Å². The van der Waals surface area contributed by atoms with Gasteiger partial charge in [0.05, 0.1) is 7.11 Å². The number of hydrogen-bond donors (Lipinski definition) is 0. The number of carbonyl (C=O) groups is 1. The number of ether oxygens (including phenoxy) is 1. The zero-order chi connectivity index (χ0) is 13.0. The van der Waals surface area contributed by atoms with Gasteiger partial charge in [0.25, 0.3) is 0 Å². The first-order valence-corrected chi connectivity index (χ1v) is 5.48. The molecule has 0 atom stereocenters. The van der Waals surface area contributed by atoms with Crippen LogP contribution in [0.4, 0.5) is 4.39 Å². The summed E-state index contributed by atoms with van der Waals surface area (Å²) in [5.41, 5.74) is 0.643. The number of pyridine rings is 1. The van der Waals surface area contributed by atoms with Crippen LogP contribution in [0.5, 0.6) is 5.75 Å². The molecule has 0 fully saturated rings. The van der Waals surface area contributed by atoms with Crippen LogP contribution in [0.2, 0.25) is 0 Å². The van der Waals surface area contributed by atoms with Gasteiger partial charge in [-0.15, -0.1) is 0 Å². The zero-order valence-electron chi connectivity index (χ0n) is 9.89. The van der Waals surface area contributed by atoms with Crippen molar-refractivity contribution in [3.8, 4) is 5.75 Å². The van der Waals surface area contributed by atoms with Gasteiger partial charge in [-0.25, -0.2) is 4.39 Å². The van der Waals surface area contributed by atoms with Crippen molar-refractivity contribution in [2.45, 2.75) is 6.42 Å². The van der Waals surface area contributed by atoms with E-state index in [1.54, 1.807) is 30.3 Å². The van der Waals surface area contributed by atoms with Crippen molar-refractivity contribution in [1.29, 1.82) is 0 Å². The Balaban J connectivity index is 2.22.